The van der Waals surface area contributed by atoms with Gasteiger partial charge in [0.25, 0.3) is 0 Å². The number of benzene rings is 2. The summed E-state index contributed by atoms with van der Waals surface area (Å²) < 4.78 is 8.59. The lowest BCUT2D eigenvalue weighted by Gasteiger charge is -2.45. The van der Waals surface area contributed by atoms with Crippen molar-refractivity contribution >= 4 is 46.0 Å². The lowest BCUT2D eigenvalue weighted by atomic mass is 9.76. The number of carbonyl (C=O) groups excluding carboxylic acids is 1. The number of amides is 1. The molecule has 0 saturated carbocycles. The predicted octanol–water partition coefficient (Wildman–Crippen LogP) is 4.29. The number of thiophene rings is 1. The third-order valence-electron chi connectivity index (χ3n) is 5.92. The first-order valence-corrected chi connectivity index (χ1v) is 11.5. The molecule has 32 heavy (non-hydrogen) atoms. The van der Waals surface area contributed by atoms with E-state index in [4.69, 9.17) is 5.41 Å². The van der Waals surface area contributed by atoms with Crippen molar-refractivity contribution in [3.05, 3.63) is 69.9 Å². The minimum absolute atomic E-state index is 0.0616. The lowest BCUT2D eigenvalue weighted by Crippen LogP contribution is -2.62. The molecule has 0 radical (unpaired) electrons. The van der Waals surface area contributed by atoms with Crippen LogP contribution in [0.15, 0.2) is 53.9 Å². The highest BCUT2D eigenvalue weighted by Gasteiger charge is 2.49. The van der Waals surface area contributed by atoms with Crippen molar-refractivity contribution < 1.29 is 4.79 Å². The van der Waals surface area contributed by atoms with E-state index < -0.39 is 11.5 Å². The molecule has 1 amide bonds. The zero-order valence-electron chi connectivity index (χ0n) is 17.3. The van der Waals surface area contributed by atoms with Crippen molar-refractivity contribution in [2.24, 2.45) is 0 Å². The van der Waals surface area contributed by atoms with Gasteiger partial charge in [-0.1, -0.05) is 18.2 Å². The van der Waals surface area contributed by atoms with Gasteiger partial charge in [-0.05, 0) is 59.3 Å². The van der Waals surface area contributed by atoms with Gasteiger partial charge >= 0.3 is 0 Å². The molecule has 9 heteroatoms. The van der Waals surface area contributed by atoms with E-state index >= 15 is 0 Å². The van der Waals surface area contributed by atoms with E-state index in [0.717, 1.165) is 44.3 Å². The third-order valence-corrected chi connectivity index (χ3v) is 7.64. The molecule has 2 N–H and O–H groups in total. The summed E-state index contributed by atoms with van der Waals surface area (Å²) >= 11 is 2.68. The van der Waals surface area contributed by atoms with Gasteiger partial charge in [-0.3, -0.25) is 15.1 Å². The van der Waals surface area contributed by atoms with E-state index in [1.807, 2.05) is 54.8 Å². The van der Waals surface area contributed by atoms with E-state index in [2.05, 4.69) is 20.1 Å². The number of nitrogens with one attached hydrogen (secondary N) is 2. The molecule has 2 aromatic heterocycles. The van der Waals surface area contributed by atoms with Gasteiger partial charge in [0.15, 0.2) is 5.96 Å². The van der Waals surface area contributed by atoms with E-state index in [1.54, 1.807) is 13.1 Å². The molecule has 0 aliphatic carbocycles. The number of carbonyl (C=O) groups is 1. The quantitative estimate of drug-likeness (QED) is 0.476. The molecule has 1 aliphatic rings. The van der Waals surface area contributed by atoms with Gasteiger partial charge in [-0.15, -0.1) is 11.3 Å². The summed E-state index contributed by atoms with van der Waals surface area (Å²) in [6.07, 6.45) is 0. The molecule has 7 nitrogen and oxygen atoms in total. The summed E-state index contributed by atoms with van der Waals surface area (Å²) in [5.41, 5.74) is 4.06. The van der Waals surface area contributed by atoms with Gasteiger partial charge in [0, 0.05) is 11.9 Å². The fraction of sp³-hybridized carbons (Fsp3) is 0.174. The average molecular weight is 459 g/mol. The maximum atomic E-state index is 13.4. The van der Waals surface area contributed by atoms with Crippen LogP contribution in [-0.4, -0.2) is 32.6 Å². The Balaban J connectivity index is 1.62. The van der Waals surface area contributed by atoms with Crippen molar-refractivity contribution in [3.8, 4) is 17.2 Å². The molecule has 4 aromatic rings. The van der Waals surface area contributed by atoms with Gasteiger partial charge in [0.2, 0.25) is 5.91 Å². The third kappa shape index (κ3) is 3.16. The number of likely N-dealkylation sites (N-methyl/N-ethyl adjacent to an activating group) is 1. The van der Waals surface area contributed by atoms with Crippen LogP contribution in [-0.2, 0) is 10.3 Å². The van der Waals surface area contributed by atoms with Crippen LogP contribution in [0.5, 0.6) is 0 Å². The molecule has 0 spiro atoms. The predicted molar refractivity (Wildman–Crippen MR) is 126 cm³/mol. The second-order valence-electron chi connectivity index (χ2n) is 7.91. The minimum atomic E-state index is -0.826. The Bertz CT molecular complexity index is 1420. The molecule has 1 fully saturated rings. The molecular weight excluding hydrogens is 440 g/mol. The summed E-state index contributed by atoms with van der Waals surface area (Å²) in [4.78, 5) is 15.7. The normalized spacial score (nSPS) is 20.9. The van der Waals surface area contributed by atoms with Gasteiger partial charge in [-0.2, -0.15) is 14.0 Å². The number of aromatic nitrogens is 2. The molecule has 1 saturated heterocycles. The summed E-state index contributed by atoms with van der Waals surface area (Å²) in [7, 11) is 1.61. The van der Waals surface area contributed by atoms with Gasteiger partial charge in [0.1, 0.15) is 11.0 Å². The first-order chi connectivity index (χ1) is 15.4. The van der Waals surface area contributed by atoms with Gasteiger partial charge in [-0.25, -0.2) is 0 Å². The van der Waals surface area contributed by atoms with Gasteiger partial charge < -0.3 is 5.32 Å². The monoisotopic (exact) mass is 458 g/mol. The number of hydrogen-bond donors (Lipinski definition) is 2. The zero-order valence-corrected chi connectivity index (χ0v) is 18.9. The standard InChI is InChI=1S/C23H18N6OS2/c1-23(19-10-16(12-31-19)14-5-3-4-13(8-14)11-24)20(21(30)29(2)22(25)26-23)15-6-7-17-18(9-15)28-32-27-17/h3-10,12,20H,1-2H3,(H2,25,26)/t20-,23-/m1/s1. The Kier molecular flexibility index (Phi) is 4.77. The van der Waals surface area contributed by atoms with Gasteiger partial charge in [0.05, 0.1) is 34.8 Å². The molecule has 3 heterocycles. The molecule has 2 aromatic carbocycles. The largest absolute Gasteiger partial charge is 0.345 e. The number of hydrogen-bond acceptors (Lipinski definition) is 7. The highest BCUT2D eigenvalue weighted by Crippen LogP contribution is 2.44. The zero-order chi connectivity index (χ0) is 22.5. The highest BCUT2D eigenvalue weighted by molar-refractivity contribution is 7.10. The van der Waals surface area contributed by atoms with Crippen LogP contribution in [0.1, 0.15) is 28.8 Å². The highest BCUT2D eigenvalue weighted by atomic mass is 32.1. The molecule has 0 bridgehead atoms. The first-order valence-electron chi connectivity index (χ1n) is 9.87. The van der Waals surface area contributed by atoms with E-state index in [-0.39, 0.29) is 11.9 Å². The maximum Gasteiger partial charge on any atom is 0.239 e. The topological polar surface area (TPSA) is 106 Å². The van der Waals surface area contributed by atoms with E-state index in [9.17, 15) is 10.1 Å². The van der Waals surface area contributed by atoms with Crippen molar-refractivity contribution in [1.29, 1.82) is 10.7 Å². The lowest BCUT2D eigenvalue weighted by molar-refractivity contribution is -0.131. The Morgan fingerprint density at radius 1 is 1.16 bits per heavy atom. The summed E-state index contributed by atoms with van der Waals surface area (Å²) in [6, 6.07) is 17.4. The van der Waals surface area contributed by atoms with Crippen LogP contribution < -0.4 is 5.32 Å². The first kappa shape index (κ1) is 20.3. The molecule has 158 valence electrons. The smallest absolute Gasteiger partial charge is 0.239 e. The van der Waals surface area contributed by atoms with E-state index in [1.165, 1.54) is 16.2 Å². The molecule has 1 aliphatic heterocycles. The minimum Gasteiger partial charge on any atom is -0.345 e. The summed E-state index contributed by atoms with van der Waals surface area (Å²) in [5, 5.41) is 22.9. The number of nitrogens with zero attached hydrogens (tertiary/aromatic N) is 4. The van der Waals surface area contributed by atoms with Crippen LogP contribution in [0.4, 0.5) is 0 Å². The van der Waals surface area contributed by atoms with Crippen molar-refractivity contribution in [2.75, 3.05) is 7.05 Å². The Morgan fingerprint density at radius 2 is 1.97 bits per heavy atom. The molecule has 0 unspecified atom stereocenters. The SMILES string of the molecule is CN1C(=N)N[C@](C)(c2cc(-c3cccc(C#N)c3)cs2)[C@H](c2ccc3nsnc3c2)C1=O. The number of nitriles is 1. The van der Waals surface area contributed by atoms with Crippen LogP contribution >= 0.6 is 23.1 Å². The summed E-state index contributed by atoms with van der Waals surface area (Å²) in [6.45, 7) is 1.96. The average Bonchev–Trinajstić information content (AvgIpc) is 3.47. The maximum absolute atomic E-state index is 13.4. The Hall–Kier alpha value is -3.61. The molecule has 2 atom stereocenters. The molecule has 5 rings (SSSR count). The van der Waals surface area contributed by atoms with Crippen molar-refractivity contribution in [1.82, 2.24) is 19.0 Å². The fourth-order valence-corrected chi connectivity index (χ4v) is 5.72. The molecular formula is C23H18N6OS2. The second-order valence-corrected chi connectivity index (χ2v) is 9.35. The number of fused-ring (bicyclic) bond motifs is 1. The Labute approximate surface area is 192 Å². The van der Waals surface area contributed by atoms with Crippen LogP contribution in [0.25, 0.3) is 22.2 Å². The van der Waals surface area contributed by atoms with Crippen LogP contribution in [0.3, 0.4) is 0 Å². The number of rotatable bonds is 3. The van der Waals surface area contributed by atoms with E-state index in [0.29, 0.717) is 5.56 Å². The number of guanidine groups is 1. The van der Waals surface area contributed by atoms with Crippen LogP contribution in [0.2, 0.25) is 0 Å². The fourth-order valence-electron chi connectivity index (χ4n) is 4.14. The second kappa shape index (κ2) is 7.51. The van der Waals surface area contributed by atoms with Crippen molar-refractivity contribution in [2.45, 2.75) is 18.4 Å². The van der Waals surface area contributed by atoms with Crippen molar-refractivity contribution in [3.63, 3.8) is 0 Å². The Morgan fingerprint density at radius 3 is 2.78 bits per heavy atom. The van der Waals surface area contributed by atoms with Crippen LogP contribution in [0, 0.1) is 16.7 Å². The summed E-state index contributed by atoms with van der Waals surface area (Å²) in [5.74, 6) is -0.642.